The number of nitrogens with two attached hydrogens (primary N) is 1. The second-order valence-corrected chi connectivity index (χ2v) is 7.25. The minimum Gasteiger partial charge on any atom is -0.431 e. The van der Waals surface area contributed by atoms with Crippen molar-refractivity contribution in [3.8, 4) is 17.0 Å². The topological polar surface area (TPSA) is 89.6 Å². The van der Waals surface area contributed by atoms with Crippen molar-refractivity contribution in [2.75, 3.05) is 48.8 Å². The Balaban J connectivity index is 1.69. The second kappa shape index (κ2) is 7.01. The van der Waals surface area contributed by atoms with Crippen LogP contribution in [-0.2, 0) is 4.74 Å². The van der Waals surface area contributed by atoms with E-state index in [9.17, 15) is 8.78 Å². The molecule has 10 heteroatoms. The number of hydrogen-bond donors (Lipinski definition) is 1. The zero-order valence-electron chi connectivity index (χ0n) is 15.7. The fourth-order valence-electron chi connectivity index (χ4n) is 3.23. The van der Waals surface area contributed by atoms with Crippen LogP contribution in [0.25, 0.3) is 11.3 Å². The molecule has 28 heavy (non-hydrogen) atoms. The smallest absolute Gasteiger partial charge is 0.387 e. The Labute approximate surface area is 161 Å². The summed E-state index contributed by atoms with van der Waals surface area (Å²) in [6, 6.07) is 3.24. The van der Waals surface area contributed by atoms with Gasteiger partial charge in [0, 0.05) is 51.1 Å². The van der Waals surface area contributed by atoms with Crippen molar-refractivity contribution in [2.24, 2.45) is 0 Å². The number of nitrogens with zero attached hydrogens (tertiary/aromatic N) is 5. The summed E-state index contributed by atoms with van der Waals surface area (Å²) in [6.07, 6.45) is 2.58. The molecule has 0 bridgehead atoms. The predicted molar refractivity (Wildman–Crippen MR) is 101 cm³/mol. The first kappa shape index (κ1) is 18.6. The van der Waals surface area contributed by atoms with Gasteiger partial charge in [0.2, 0.25) is 5.95 Å². The van der Waals surface area contributed by atoms with E-state index in [0.29, 0.717) is 30.3 Å². The zero-order valence-corrected chi connectivity index (χ0v) is 15.7. The largest absolute Gasteiger partial charge is 0.431 e. The number of alkyl halides is 2. The van der Waals surface area contributed by atoms with Gasteiger partial charge in [-0.05, 0) is 19.4 Å². The van der Waals surface area contributed by atoms with Gasteiger partial charge in [0.15, 0.2) is 11.6 Å². The van der Waals surface area contributed by atoms with Crippen LogP contribution in [0.2, 0.25) is 0 Å². The molecule has 4 heterocycles. The van der Waals surface area contributed by atoms with Crippen LogP contribution < -0.4 is 20.3 Å². The SMILES string of the molecule is COC1(C)CN(c2cc(-c3cnc(N)c(OC(F)F)c3)nc(N3CCC3)n2)C1. The van der Waals surface area contributed by atoms with Crippen LogP contribution in [0.5, 0.6) is 5.75 Å². The molecule has 0 amide bonds. The molecule has 2 aliphatic rings. The molecule has 2 aromatic rings. The van der Waals surface area contributed by atoms with Crippen molar-refractivity contribution >= 4 is 17.6 Å². The van der Waals surface area contributed by atoms with Crippen molar-refractivity contribution in [3.63, 3.8) is 0 Å². The number of nitrogen functional groups attached to an aromatic ring is 1. The standard InChI is InChI=1S/C18H22F2N6O2/c1-18(27-2)9-26(10-18)14-7-12(23-17(24-14)25-4-3-5-25)11-6-13(28-16(19)20)15(21)22-8-11/h6-8,16H,3-5,9-10H2,1-2H3,(H2,21,22). The summed E-state index contributed by atoms with van der Waals surface area (Å²) in [6.45, 7) is 2.25. The number of hydrogen-bond acceptors (Lipinski definition) is 8. The molecule has 0 saturated carbocycles. The Kier molecular flexibility index (Phi) is 4.66. The molecular formula is C18H22F2N6O2. The molecule has 0 aromatic carbocycles. The predicted octanol–water partition coefficient (Wildman–Crippen LogP) is 2.16. The highest BCUT2D eigenvalue weighted by Gasteiger charge is 2.40. The Hall–Kier alpha value is -2.75. The molecule has 2 aromatic heterocycles. The van der Waals surface area contributed by atoms with E-state index < -0.39 is 6.61 Å². The first-order chi connectivity index (χ1) is 13.4. The van der Waals surface area contributed by atoms with Gasteiger partial charge in [0.25, 0.3) is 0 Å². The van der Waals surface area contributed by atoms with Crippen LogP contribution >= 0.6 is 0 Å². The quantitative estimate of drug-likeness (QED) is 0.800. The maximum absolute atomic E-state index is 12.6. The number of halogens is 2. The van der Waals surface area contributed by atoms with E-state index in [-0.39, 0.29) is 17.2 Å². The summed E-state index contributed by atoms with van der Waals surface area (Å²) >= 11 is 0. The third-order valence-corrected chi connectivity index (χ3v) is 5.10. The average molecular weight is 392 g/mol. The van der Waals surface area contributed by atoms with Crippen LogP contribution in [0.15, 0.2) is 18.3 Å². The van der Waals surface area contributed by atoms with Crippen LogP contribution in [0.4, 0.5) is 26.4 Å². The fraction of sp³-hybridized carbons (Fsp3) is 0.500. The van der Waals surface area contributed by atoms with Crippen molar-refractivity contribution < 1.29 is 18.3 Å². The van der Waals surface area contributed by atoms with E-state index in [1.807, 2.05) is 13.0 Å². The number of aromatic nitrogens is 3. The van der Waals surface area contributed by atoms with Crippen molar-refractivity contribution in [3.05, 3.63) is 18.3 Å². The summed E-state index contributed by atoms with van der Waals surface area (Å²) in [5.74, 6) is 1.10. The Morgan fingerprint density at radius 3 is 2.54 bits per heavy atom. The van der Waals surface area contributed by atoms with E-state index in [0.717, 1.165) is 25.3 Å². The Morgan fingerprint density at radius 2 is 1.93 bits per heavy atom. The molecule has 2 fully saturated rings. The van der Waals surface area contributed by atoms with Gasteiger partial charge in [-0.15, -0.1) is 0 Å². The normalized spacial score (nSPS) is 18.0. The van der Waals surface area contributed by atoms with E-state index in [1.165, 1.54) is 12.3 Å². The third-order valence-electron chi connectivity index (χ3n) is 5.10. The molecular weight excluding hydrogens is 370 g/mol. The highest BCUT2D eigenvalue weighted by atomic mass is 19.3. The van der Waals surface area contributed by atoms with Gasteiger partial charge < -0.3 is 25.0 Å². The lowest BCUT2D eigenvalue weighted by Crippen LogP contribution is -2.61. The number of pyridine rings is 1. The molecule has 0 radical (unpaired) electrons. The lowest BCUT2D eigenvalue weighted by molar-refractivity contribution is -0.0494. The molecule has 150 valence electrons. The van der Waals surface area contributed by atoms with Gasteiger partial charge in [-0.1, -0.05) is 0 Å². The molecule has 2 saturated heterocycles. The Morgan fingerprint density at radius 1 is 1.18 bits per heavy atom. The molecule has 0 spiro atoms. The van der Waals surface area contributed by atoms with Gasteiger partial charge >= 0.3 is 6.61 Å². The van der Waals surface area contributed by atoms with E-state index in [2.05, 4.69) is 29.5 Å². The van der Waals surface area contributed by atoms with Gasteiger partial charge in [-0.2, -0.15) is 13.8 Å². The van der Waals surface area contributed by atoms with E-state index >= 15 is 0 Å². The first-order valence-electron chi connectivity index (χ1n) is 9.02. The van der Waals surface area contributed by atoms with Crippen molar-refractivity contribution in [1.82, 2.24) is 15.0 Å². The number of rotatable bonds is 6. The van der Waals surface area contributed by atoms with Crippen LogP contribution in [0, 0.1) is 0 Å². The highest BCUT2D eigenvalue weighted by molar-refractivity contribution is 5.68. The summed E-state index contributed by atoms with van der Waals surface area (Å²) in [5.41, 5.74) is 6.55. The maximum atomic E-state index is 12.6. The number of ether oxygens (including phenoxy) is 2. The van der Waals surface area contributed by atoms with E-state index in [1.54, 1.807) is 7.11 Å². The molecule has 0 atom stereocenters. The monoisotopic (exact) mass is 392 g/mol. The minimum absolute atomic E-state index is 0.0973. The Bertz CT molecular complexity index is 871. The lowest BCUT2D eigenvalue weighted by Gasteiger charge is -2.47. The van der Waals surface area contributed by atoms with Gasteiger partial charge in [-0.3, -0.25) is 0 Å². The fourth-order valence-corrected chi connectivity index (χ4v) is 3.23. The average Bonchev–Trinajstić information content (AvgIpc) is 2.58. The number of methoxy groups -OCH3 is 1. The zero-order chi connectivity index (χ0) is 19.9. The molecule has 0 aliphatic carbocycles. The van der Waals surface area contributed by atoms with Gasteiger partial charge in [-0.25, -0.2) is 9.97 Å². The van der Waals surface area contributed by atoms with Crippen molar-refractivity contribution in [1.29, 1.82) is 0 Å². The molecule has 2 aliphatic heterocycles. The maximum Gasteiger partial charge on any atom is 0.387 e. The minimum atomic E-state index is -2.98. The highest BCUT2D eigenvalue weighted by Crippen LogP contribution is 2.34. The van der Waals surface area contributed by atoms with Crippen molar-refractivity contribution in [2.45, 2.75) is 25.6 Å². The molecule has 2 N–H and O–H groups in total. The second-order valence-electron chi connectivity index (χ2n) is 7.25. The van der Waals surface area contributed by atoms with E-state index in [4.69, 9.17) is 10.5 Å². The molecule has 0 unspecified atom stereocenters. The third kappa shape index (κ3) is 3.51. The summed E-state index contributed by atoms with van der Waals surface area (Å²) in [5, 5.41) is 0. The molecule has 8 nitrogen and oxygen atoms in total. The van der Waals surface area contributed by atoms with Crippen LogP contribution in [-0.4, -0.2) is 60.5 Å². The van der Waals surface area contributed by atoms with Crippen LogP contribution in [0.1, 0.15) is 13.3 Å². The van der Waals surface area contributed by atoms with Crippen LogP contribution in [0.3, 0.4) is 0 Å². The first-order valence-corrected chi connectivity index (χ1v) is 9.02. The summed E-state index contributed by atoms with van der Waals surface area (Å²) < 4.78 is 35.2. The van der Waals surface area contributed by atoms with Gasteiger partial charge in [0.1, 0.15) is 5.82 Å². The summed E-state index contributed by atoms with van der Waals surface area (Å²) in [7, 11) is 1.69. The lowest BCUT2D eigenvalue weighted by atomic mass is 9.96. The molecule has 4 rings (SSSR count). The van der Waals surface area contributed by atoms with Gasteiger partial charge in [0.05, 0.1) is 11.3 Å². The number of anilines is 3. The summed E-state index contributed by atoms with van der Waals surface area (Å²) in [4.78, 5) is 17.4.